The van der Waals surface area contributed by atoms with E-state index in [-0.39, 0.29) is 22.1 Å². The number of nitro groups is 1. The Bertz CT molecular complexity index is 819. The Hall–Kier alpha value is -2.61. The van der Waals surface area contributed by atoms with Crippen LogP contribution in [0.5, 0.6) is 0 Å². The second-order valence-corrected chi connectivity index (χ2v) is 5.87. The highest BCUT2D eigenvalue weighted by Gasteiger charge is 2.18. The molecular formula is C13H10N2O5S. The van der Waals surface area contributed by atoms with Crippen LogP contribution in [0, 0.1) is 10.1 Å². The molecule has 1 aromatic rings. The molecule has 0 amide bonds. The molecule has 8 heteroatoms. The molecule has 0 unspecified atom stereocenters. The van der Waals surface area contributed by atoms with Crippen LogP contribution < -0.4 is 0 Å². The lowest BCUT2D eigenvalue weighted by molar-refractivity contribution is -0.385. The van der Waals surface area contributed by atoms with Gasteiger partial charge in [-0.3, -0.25) is 14.9 Å². The number of hydrogen-bond donors (Lipinski definition) is 0. The number of sulfonamides is 1. The number of nitro benzene ring substituents is 1. The summed E-state index contributed by atoms with van der Waals surface area (Å²) in [7, 11) is -4.08. The van der Waals surface area contributed by atoms with E-state index in [1.165, 1.54) is 36.4 Å². The summed E-state index contributed by atoms with van der Waals surface area (Å²) in [5.41, 5.74) is 0.126. The molecule has 0 aromatic heterocycles. The van der Waals surface area contributed by atoms with Crippen molar-refractivity contribution >= 4 is 27.2 Å². The number of allylic oxidation sites excluding steroid dienone is 4. The Kier molecular flexibility index (Phi) is 3.81. The molecule has 7 nitrogen and oxygen atoms in total. The fraction of sp³-hybridized carbons (Fsp3) is 0.0769. The van der Waals surface area contributed by atoms with E-state index < -0.39 is 14.9 Å². The molecule has 0 atom stereocenters. The zero-order chi connectivity index (χ0) is 15.6. The molecule has 1 aliphatic rings. The van der Waals surface area contributed by atoms with Crippen LogP contribution >= 0.6 is 0 Å². The molecule has 1 aliphatic carbocycles. The average Bonchev–Trinajstić information content (AvgIpc) is 2.43. The molecule has 108 valence electrons. The molecule has 0 bridgehead atoms. The van der Waals surface area contributed by atoms with Gasteiger partial charge in [-0.05, 0) is 36.8 Å². The lowest BCUT2D eigenvalue weighted by Gasteiger charge is -2.04. The van der Waals surface area contributed by atoms with Crippen LogP contribution in [-0.2, 0) is 14.8 Å². The van der Waals surface area contributed by atoms with Crippen LogP contribution in [0.3, 0.4) is 0 Å². The summed E-state index contributed by atoms with van der Waals surface area (Å²) in [4.78, 5) is 21.0. The summed E-state index contributed by atoms with van der Waals surface area (Å²) in [6.45, 7) is 1.54. The first-order chi connectivity index (χ1) is 9.79. The molecule has 0 N–H and O–H groups in total. The molecule has 0 heterocycles. The van der Waals surface area contributed by atoms with Crippen LogP contribution in [0.25, 0.3) is 0 Å². The highest BCUT2D eigenvalue weighted by atomic mass is 32.2. The summed E-state index contributed by atoms with van der Waals surface area (Å²) >= 11 is 0. The Morgan fingerprint density at radius 3 is 2.57 bits per heavy atom. The first-order valence-corrected chi connectivity index (χ1v) is 7.24. The second kappa shape index (κ2) is 5.41. The minimum atomic E-state index is -4.08. The normalized spacial score (nSPS) is 16.9. The maximum atomic E-state index is 12.1. The van der Waals surface area contributed by atoms with E-state index >= 15 is 0 Å². The lowest BCUT2D eigenvalue weighted by atomic mass is 10.1. The van der Waals surface area contributed by atoms with Gasteiger partial charge in [-0.25, -0.2) is 0 Å². The Labute approximate surface area is 120 Å². The number of non-ortho nitro benzene ring substituents is 1. The predicted molar refractivity (Wildman–Crippen MR) is 75.6 cm³/mol. The van der Waals surface area contributed by atoms with Crippen molar-refractivity contribution in [3.8, 4) is 0 Å². The number of carbonyl (C=O) groups excluding carboxylic acids is 1. The standard InChI is InChI=1S/C13H10N2O5S/c1-9-7-10(5-6-13(9)16)14-21(19,20)12-4-2-3-11(8-12)15(17)18/h2-8H,1H3/b14-10+. The van der Waals surface area contributed by atoms with Crippen molar-refractivity contribution < 1.29 is 18.1 Å². The van der Waals surface area contributed by atoms with Gasteiger partial charge in [-0.15, -0.1) is 0 Å². The van der Waals surface area contributed by atoms with E-state index in [9.17, 15) is 23.3 Å². The Morgan fingerprint density at radius 1 is 1.24 bits per heavy atom. The zero-order valence-electron chi connectivity index (χ0n) is 10.9. The van der Waals surface area contributed by atoms with Crippen molar-refractivity contribution in [3.05, 3.63) is 58.2 Å². The van der Waals surface area contributed by atoms with E-state index in [1.54, 1.807) is 6.92 Å². The first kappa shape index (κ1) is 14.8. The summed E-state index contributed by atoms with van der Waals surface area (Å²) in [6.07, 6.45) is 3.85. The molecule has 0 spiro atoms. The Morgan fingerprint density at radius 2 is 1.95 bits per heavy atom. The monoisotopic (exact) mass is 306 g/mol. The fourth-order valence-corrected chi connectivity index (χ4v) is 2.66. The van der Waals surface area contributed by atoms with Crippen molar-refractivity contribution in [2.45, 2.75) is 11.8 Å². The third kappa shape index (κ3) is 3.29. The molecule has 0 radical (unpaired) electrons. The summed E-state index contributed by atoms with van der Waals surface area (Å²) in [5.74, 6) is -0.221. The van der Waals surface area contributed by atoms with Gasteiger partial charge in [0.2, 0.25) is 0 Å². The van der Waals surface area contributed by atoms with Gasteiger partial charge in [-0.2, -0.15) is 12.8 Å². The SMILES string of the molecule is CC1=C/C(=N/S(=O)(=O)c2cccc([N+](=O)[O-])c2)C=CC1=O. The number of hydrogen-bond acceptors (Lipinski definition) is 5. The topological polar surface area (TPSA) is 107 Å². The van der Waals surface area contributed by atoms with E-state index in [0.717, 1.165) is 6.07 Å². The number of nitrogens with zero attached hydrogens (tertiary/aromatic N) is 2. The van der Waals surface area contributed by atoms with Crippen LogP contribution in [0.4, 0.5) is 5.69 Å². The largest absolute Gasteiger partial charge is 0.290 e. The van der Waals surface area contributed by atoms with Crippen molar-refractivity contribution in [3.63, 3.8) is 0 Å². The van der Waals surface area contributed by atoms with Gasteiger partial charge < -0.3 is 0 Å². The highest BCUT2D eigenvalue weighted by molar-refractivity contribution is 7.90. The van der Waals surface area contributed by atoms with Crippen LogP contribution in [0.2, 0.25) is 0 Å². The summed E-state index contributed by atoms with van der Waals surface area (Å²) < 4.78 is 27.8. The van der Waals surface area contributed by atoms with Crippen molar-refractivity contribution in [1.82, 2.24) is 0 Å². The number of rotatable bonds is 3. The van der Waals surface area contributed by atoms with Gasteiger partial charge in [0, 0.05) is 12.1 Å². The molecule has 0 saturated carbocycles. The van der Waals surface area contributed by atoms with Gasteiger partial charge in [0.15, 0.2) is 5.78 Å². The minimum Gasteiger partial charge on any atom is -0.290 e. The first-order valence-electron chi connectivity index (χ1n) is 5.80. The average molecular weight is 306 g/mol. The van der Waals surface area contributed by atoms with Crippen molar-refractivity contribution in [2.24, 2.45) is 4.40 Å². The van der Waals surface area contributed by atoms with E-state index in [1.807, 2.05) is 0 Å². The quantitative estimate of drug-likeness (QED) is 0.481. The molecular weight excluding hydrogens is 296 g/mol. The van der Waals surface area contributed by atoms with E-state index in [0.29, 0.717) is 5.57 Å². The second-order valence-electron chi connectivity index (χ2n) is 4.27. The molecule has 0 aliphatic heterocycles. The zero-order valence-corrected chi connectivity index (χ0v) is 11.7. The summed E-state index contributed by atoms with van der Waals surface area (Å²) in [5, 5.41) is 10.7. The van der Waals surface area contributed by atoms with Gasteiger partial charge >= 0.3 is 0 Å². The van der Waals surface area contributed by atoms with Crippen molar-refractivity contribution in [2.75, 3.05) is 0 Å². The number of carbonyl (C=O) groups is 1. The number of benzene rings is 1. The maximum Gasteiger partial charge on any atom is 0.283 e. The van der Waals surface area contributed by atoms with E-state index in [2.05, 4.69) is 4.40 Å². The fourth-order valence-electron chi connectivity index (χ4n) is 1.64. The smallest absolute Gasteiger partial charge is 0.283 e. The van der Waals surface area contributed by atoms with Gasteiger partial charge in [-0.1, -0.05) is 6.07 Å². The van der Waals surface area contributed by atoms with Crippen LogP contribution in [0.15, 0.2) is 57.4 Å². The maximum absolute atomic E-state index is 12.1. The molecule has 0 saturated heterocycles. The van der Waals surface area contributed by atoms with E-state index in [4.69, 9.17) is 0 Å². The van der Waals surface area contributed by atoms with Gasteiger partial charge in [0.25, 0.3) is 15.7 Å². The van der Waals surface area contributed by atoms with Crippen LogP contribution in [-0.4, -0.2) is 24.8 Å². The van der Waals surface area contributed by atoms with Gasteiger partial charge in [0.05, 0.1) is 15.5 Å². The van der Waals surface area contributed by atoms with Crippen molar-refractivity contribution in [1.29, 1.82) is 0 Å². The molecule has 2 rings (SSSR count). The summed E-state index contributed by atoms with van der Waals surface area (Å²) in [6, 6.07) is 4.62. The third-order valence-corrected chi connectivity index (χ3v) is 4.01. The molecule has 0 fully saturated rings. The molecule has 21 heavy (non-hydrogen) atoms. The van der Waals surface area contributed by atoms with Gasteiger partial charge in [0.1, 0.15) is 0 Å². The number of ketones is 1. The highest BCUT2D eigenvalue weighted by Crippen LogP contribution is 2.20. The lowest BCUT2D eigenvalue weighted by Crippen LogP contribution is -2.08. The minimum absolute atomic E-state index is 0.0959. The third-order valence-electron chi connectivity index (χ3n) is 2.71. The predicted octanol–water partition coefficient (Wildman–Crippen LogP) is 1.81. The van der Waals surface area contributed by atoms with Crippen LogP contribution in [0.1, 0.15) is 6.92 Å². The Balaban J connectivity index is 2.44. The molecule has 1 aromatic carbocycles.